The maximum Gasteiger partial charge on any atom is 0.343 e. The van der Waals surface area contributed by atoms with Gasteiger partial charge in [0.25, 0.3) is 0 Å². The number of fused-ring (bicyclic) bond motifs is 2. The molecule has 0 aliphatic carbocycles. The van der Waals surface area contributed by atoms with Gasteiger partial charge in [-0.2, -0.15) is 0 Å². The Labute approximate surface area is 250 Å². The molecule has 4 unspecified atom stereocenters. The molecule has 0 radical (unpaired) electrons. The summed E-state index contributed by atoms with van der Waals surface area (Å²) in [6, 6.07) is 25.0. The molecule has 0 spiro atoms. The molecule has 2 aliphatic heterocycles. The summed E-state index contributed by atoms with van der Waals surface area (Å²) in [5.41, 5.74) is 2.67. The number of hydrogen-bond acceptors (Lipinski definition) is 6. The van der Waals surface area contributed by atoms with Crippen LogP contribution in [0.25, 0.3) is 0 Å². The van der Waals surface area contributed by atoms with E-state index in [2.05, 4.69) is 42.7 Å². The number of aliphatic hydroxyl groups is 1. The molecule has 2 saturated heterocycles. The van der Waals surface area contributed by atoms with Gasteiger partial charge >= 0.3 is 5.97 Å². The third-order valence-corrected chi connectivity index (χ3v) is 9.45. The average molecular weight is 569 g/mol. The third kappa shape index (κ3) is 6.51. The number of piperidine rings is 1. The molecule has 2 aliphatic rings. The molecule has 2 fully saturated rings. The summed E-state index contributed by atoms with van der Waals surface area (Å²) < 4.78 is 5.62. The van der Waals surface area contributed by atoms with E-state index in [0.717, 1.165) is 37.1 Å². The lowest BCUT2D eigenvalue weighted by Crippen LogP contribution is -2.56. The van der Waals surface area contributed by atoms with Crippen LogP contribution in [0.2, 0.25) is 0 Å². The number of nitrogens with zero attached hydrogens (tertiary/aromatic N) is 2. The fraction of sp³-hybridized carbons (Fsp3) is 0.444. The van der Waals surface area contributed by atoms with Crippen molar-refractivity contribution in [3.8, 4) is 5.75 Å². The van der Waals surface area contributed by atoms with Crippen molar-refractivity contribution in [3.05, 3.63) is 101 Å². The number of Topliss-reactive ketones (excluding diaryl/α,β-unsaturated/α-hetero) is 1. The van der Waals surface area contributed by atoms with E-state index in [9.17, 15) is 14.7 Å². The second kappa shape index (κ2) is 12.9. The Kier molecular flexibility index (Phi) is 9.26. The average Bonchev–Trinajstić information content (AvgIpc) is 3.29. The van der Waals surface area contributed by atoms with Crippen LogP contribution < -0.4 is 4.74 Å². The van der Waals surface area contributed by atoms with Gasteiger partial charge in [-0.25, -0.2) is 4.79 Å². The first-order valence-corrected chi connectivity index (χ1v) is 15.5. The number of carbonyl (C=O) groups excluding carboxylic acids is 2. The molecule has 3 aromatic rings. The van der Waals surface area contributed by atoms with Crippen molar-refractivity contribution in [2.24, 2.45) is 0 Å². The molecule has 6 nitrogen and oxygen atoms in total. The predicted molar refractivity (Wildman–Crippen MR) is 166 cm³/mol. The highest BCUT2D eigenvalue weighted by molar-refractivity contribution is 6.00. The first-order valence-electron chi connectivity index (χ1n) is 15.5. The van der Waals surface area contributed by atoms with Crippen LogP contribution in [-0.4, -0.2) is 63.5 Å². The molecule has 3 aromatic carbocycles. The number of ketones is 1. The molecule has 0 saturated carbocycles. The molecule has 2 bridgehead atoms. The lowest BCUT2D eigenvalue weighted by molar-refractivity contribution is -0.0586. The minimum Gasteiger partial charge on any atom is -0.423 e. The summed E-state index contributed by atoms with van der Waals surface area (Å²) in [6.45, 7) is 10.4. The van der Waals surface area contributed by atoms with Crippen LogP contribution in [0.15, 0.2) is 78.9 Å². The summed E-state index contributed by atoms with van der Waals surface area (Å²) in [5.74, 6) is 0.0439. The van der Waals surface area contributed by atoms with Crippen molar-refractivity contribution in [2.75, 3.05) is 13.1 Å². The van der Waals surface area contributed by atoms with Crippen LogP contribution in [0.1, 0.15) is 91.3 Å². The summed E-state index contributed by atoms with van der Waals surface area (Å²) in [7, 11) is 0. The molecule has 42 heavy (non-hydrogen) atoms. The number of esters is 1. The van der Waals surface area contributed by atoms with E-state index in [1.54, 1.807) is 24.3 Å². The Morgan fingerprint density at radius 1 is 0.881 bits per heavy atom. The lowest BCUT2D eigenvalue weighted by atomic mass is 9.80. The van der Waals surface area contributed by atoms with Gasteiger partial charge in [0.2, 0.25) is 0 Å². The highest BCUT2D eigenvalue weighted by atomic mass is 16.5. The Hall–Kier alpha value is -3.32. The first-order chi connectivity index (χ1) is 20.2. The van der Waals surface area contributed by atoms with Gasteiger partial charge in [-0.15, -0.1) is 0 Å². The Balaban J connectivity index is 1.18. The zero-order valence-corrected chi connectivity index (χ0v) is 25.3. The highest BCUT2D eigenvalue weighted by Gasteiger charge is 2.49. The number of ether oxygens (including phenoxy) is 1. The second-order valence-electron chi connectivity index (χ2n) is 12.1. The minimum atomic E-state index is -0.734. The molecule has 222 valence electrons. The quantitative estimate of drug-likeness (QED) is 0.162. The molecule has 1 N–H and O–H groups in total. The first kappa shape index (κ1) is 30.1. The predicted octanol–water partition coefficient (Wildman–Crippen LogP) is 6.48. The van der Waals surface area contributed by atoms with Crippen molar-refractivity contribution in [2.45, 2.75) is 89.6 Å². The molecular formula is C36H44N2O4. The summed E-state index contributed by atoms with van der Waals surface area (Å²) >= 11 is 0. The molecule has 4 atom stereocenters. The summed E-state index contributed by atoms with van der Waals surface area (Å²) in [6.07, 6.45) is 4.02. The van der Waals surface area contributed by atoms with Gasteiger partial charge in [0.1, 0.15) is 5.75 Å². The van der Waals surface area contributed by atoms with Crippen molar-refractivity contribution in [3.63, 3.8) is 0 Å². The lowest BCUT2D eigenvalue weighted by Gasteiger charge is -2.46. The van der Waals surface area contributed by atoms with Crippen LogP contribution in [0, 0.1) is 0 Å². The van der Waals surface area contributed by atoms with Crippen molar-refractivity contribution < 1.29 is 19.4 Å². The normalized spacial score (nSPS) is 23.5. The Morgan fingerprint density at radius 3 is 2.02 bits per heavy atom. The number of hydrogen-bond donors (Lipinski definition) is 1. The van der Waals surface area contributed by atoms with Gasteiger partial charge < -0.3 is 9.84 Å². The van der Waals surface area contributed by atoms with E-state index in [1.807, 2.05) is 49.4 Å². The number of benzene rings is 3. The van der Waals surface area contributed by atoms with Crippen LogP contribution in [-0.2, 0) is 6.42 Å². The van der Waals surface area contributed by atoms with Gasteiger partial charge in [-0.3, -0.25) is 14.6 Å². The van der Waals surface area contributed by atoms with Crippen molar-refractivity contribution in [1.29, 1.82) is 0 Å². The van der Waals surface area contributed by atoms with Crippen LogP contribution >= 0.6 is 0 Å². The minimum absolute atomic E-state index is 0.0520. The monoisotopic (exact) mass is 568 g/mol. The maximum absolute atomic E-state index is 13.5. The van der Waals surface area contributed by atoms with Crippen LogP contribution in [0.4, 0.5) is 0 Å². The fourth-order valence-corrected chi connectivity index (χ4v) is 7.22. The number of rotatable bonds is 11. The Bertz CT molecular complexity index is 1340. The van der Waals surface area contributed by atoms with E-state index in [-0.39, 0.29) is 30.0 Å². The van der Waals surface area contributed by atoms with Gasteiger partial charge in [0, 0.05) is 30.1 Å². The molecule has 2 heterocycles. The standard InChI is InChI=1S/C36H44N2O4/c1-5-37(6-2)25(3)28-12-14-30(15-13-28)35(40)42-33-20-16-29(17-21-33)34(39)26(4)38-31-18-19-32(38)24-36(41,23-31)22-27-10-8-7-9-11-27/h7-17,20-21,25-26,31-32,41H,5-6,18-19,22-24H2,1-4H3. The zero-order valence-electron chi connectivity index (χ0n) is 25.3. The summed E-state index contributed by atoms with van der Waals surface area (Å²) in [5, 5.41) is 11.5. The molecule has 0 amide bonds. The topological polar surface area (TPSA) is 70.1 Å². The fourth-order valence-electron chi connectivity index (χ4n) is 7.22. The van der Waals surface area contributed by atoms with E-state index in [1.165, 1.54) is 0 Å². The van der Waals surface area contributed by atoms with E-state index in [4.69, 9.17) is 4.74 Å². The third-order valence-electron chi connectivity index (χ3n) is 9.45. The highest BCUT2D eigenvalue weighted by Crippen LogP contribution is 2.43. The van der Waals surface area contributed by atoms with Gasteiger partial charge in [-0.05, 0) is 100 Å². The van der Waals surface area contributed by atoms with Crippen LogP contribution in [0.3, 0.4) is 0 Å². The van der Waals surface area contributed by atoms with E-state index >= 15 is 0 Å². The maximum atomic E-state index is 13.5. The SMILES string of the molecule is CCN(CC)C(C)c1ccc(C(=O)Oc2ccc(C(=O)C(C)N3C4CCC3CC(O)(Cc3ccccc3)C4)cc2)cc1. The van der Waals surface area contributed by atoms with Crippen molar-refractivity contribution >= 4 is 11.8 Å². The smallest absolute Gasteiger partial charge is 0.343 e. The van der Waals surface area contributed by atoms with E-state index < -0.39 is 11.6 Å². The van der Waals surface area contributed by atoms with Gasteiger partial charge in [0.05, 0.1) is 17.2 Å². The van der Waals surface area contributed by atoms with Crippen LogP contribution in [0.5, 0.6) is 5.75 Å². The molecule has 6 heteroatoms. The van der Waals surface area contributed by atoms with E-state index in [0.29, 0.717) is 36.1 Å². The Morgan fingerprint density at radius 2 is 1.45 bits per heavy atom. The van der Waals surface area contributed by atoms with Gasteiger partial charge in [0.15, 0.2) is 5.78 Å². The molecule has 5 rings (SSSR count). The second-order valence-corrected chi connectivity index (χ2v) is 12.1. The summed E-state index contributed by atoms with van der Waals surface area (Å²) in [4.78, 5) is 31.0. The largest absolute Gasteiger partial charge is 0.423 e. The molecular weight excluding hydrogens is 524 g/mol. The zero-order chi connectivity index (χ0) is 29.9. The number of carbonyl (C=O) groups is 2. The molecule has 0 aromatic heterocycles. The van der Waals surface area contributed by atoms with Crippen molar-refractivity contribution in [1.82, 2.24) is 9.80 Å². The van der Waals surface area contributed by atoms with Gasteiger partial charge in [-0.1, -0.05) is 56.3 Å².